The number of H-pyrrole nitrogens is 1. The summed E-state index contributed by atoms with van der Waals surface area (Å²) in [7, 11) is 1.20. The van der Waals surface area contributed by atoms with Gasteiger partial charge in [0.25, 0.3) is 0 Å². The molecule has 23 heavy (non-hydrogen) atoms. The molecule has 0 fully saturated rings. The van der Waals surface area contributed by atoms with Crippen molar-refractivity contribution in [2.75, 3.05) is 7.11 Å². The molecule has 2 rings (SSSR count). The van der Waals surface area contributed by atoms with E-state index in [1.807, 2.05) is 24.3 Å². The van der Waals surface area contributed by atoms with Crippen molar-refractivity contribution in [2.45, 2.75) is 38.3 Å². The lowest BCUT2D eigenvalue weighted by Gasteiger charge is -2.29. The highest BCUT2D eigenvalue weighted by Gasteiger charge is 2.47. The Kier molecular flexibility index (Phi) is 4.47. The van der Waals surface area contributed by atoms with Crippen LogP contribution in [0, 0.1) is 0 Å². The molecular formula is C17H22N2O4. The van der Waals surface area contributed by atoms with Crippen LogP contribution in [0.1, 0.15) is 26.3 Å². The third-order valence-electron chi connectivity index (χ3n) is 3.46. The van der Waals surface area contributed by atoms with E-state index in [0.717, 1.165) is 16.5 Å². The zero-order valence-electron chi connectivity index (χ0n) is 13.8. The number of aromatic amines is 1. The molecule has 1 atom stereocenters. The van der Waals surface area contributed by atoms with Crippen molar-refractivity contribution in [3.8, 4) is 0 Å². The number of benzene rings is 1. The number of para-hydroxylation sites is 1. The van der Waals surface area contributed by atoms with Gasteiger partial charge in [-0.25, -0.2) is 9.59 Å². The van der Waals surface area contributed by atoms with Crippen LogP contribution in [0.4, 0.5) is 0 Å². The molecule has 1 aromatic carbocycles. The number of ether oxygens (including phenoxy) is 2. The Hall–Kier alpha value is -2.34. The number of nitrogens with one attached hydrogen (secondary N) is 1. The maximum Gasteiger partial charge on any atom is 0.338 e. The molecule has 0 bridgehead atoms. The van der Waals surface area contributed by atoms with E-state index in [9.17, 15) is 9.59 Å². The second-order valence-electron chi connectivity index (χ2n) is 6.50. The van der Waals surface area contributed by atoms with E-state index in [2.05, 4.69) is 4.98 Å². The van der Waals surface area contributed by atoms with E-state index in [-0.39, 0.29) is 6.42 Å². The topological polar surface area (TPSA) is 94.4 Å². The Bertz CT molecular complexity index is 730. The second kappa shape index (κ2) is 6.04. The summed E-state index contributed by atoms with van der Waals surface area (Å²) in [5, 5.41) is 0.898. The van der Waals surface area contributed by atoms with Crippen LogP contribution >= 0.6 is 0 Å². The number of fused-ring (bicyclic) bond motifs is 1. The van der Waals surface area contributed by atoms with E-state index < -0.39 is 23.1 Å². The number of carbonyl (C=O) groups is 2. The average Bonchev–Trinajstić information content (AvgIpc) is 2.87. The van der Waals surface area contributed by atoms with Gasteiger partial charge < -0.3 is 20.2 Å². The van der Waals surface area contributed by atoms with Gasteiger partial charge >= 0.3 is 11.9 Å². The van der Waals surface area contributed by atoms with Crippen molar-refractivity contribution in [3.05, 3.63) is 36.0 Å². The number of hydrogen-bond acceptors (Lipinski definition) is 5. The number of hydrogen-bond donors (Lipinski definition) is 2. The van der Waals surface area contributed by atoms with E-state index in [1.54, 1.807) is 27.0 Å². The van der Waals surface area contributed by atoms with Crippen LogP contribution in [-0.4, -0.2) is 35.2 Å². The molecule has 1 heterocycles. The number of nitrogens with two attached hydrogens (primary N) is 1. The molecule has 0 aliphatic carbocycles. The molecule has 6 nitrogen and oxygen atoms in total. The maximum atomic E-state index is 12.5. The number of aromatic nitrogens is 1. The Labute approximate surface area is 134 Å². The smallest absolute Gasteiger partial charge is 0.338 e. The highest BCUT2D eigenvalue weighted by Crippen LogP contribution is 2.24. The third-order valence-corrected chi connectivity index (χ3v) is 3.46. The summed E-state index contributed by atoms with van der Waals surface area (Å²) in [4.78, 5) is 27.7. The molecule has 124 valence electrons. The highest BCUT2D eigenvalue weighted by atomic mass is 16.6. The lowest BCUT2D eigenvalue weighted by molar-refractivity contribution is -0.170. The van der Waals surface area contributed by atoms with E-state index in [4.69, 9.17) is 15.2 Å². The zero-order valence-corrected chi connectivity index (χ0v) is 13.8. The largest absolute Gasteiger partial charge is 0.467 e. The molecule has 6 heteroatoms. The van der Waals surface area contributed by atoms with Gasteiger partial charge in [0.15, 0.2) is 0 Å². The minimum atomic E-state index is -1.90. The number of rotatable bonds is 4. The number of carbonyl (C=O) groups excluding carboxylic acids is 2. The van der Waals surface area contributed by atoms with Crippen molar-refractivity contribution in [1.82, 2.24) is 4.98 Å². The fraction of sp³-hybridized carbons (Fsp3) is 0.412. The lowest BCUT2D eigenvalue weighted by Crippen LogP contribution is -2.59. The minimum absolute atomic E-state index is 0.0153. The molecule has 0 amide bonds. The molecule has 1 unspecified atom stereocenters. The van der Waals surface area contributed by atoms with Crippen molar-refractivity contribution < 1.29 is 19.1 Å². The molecular weight excluding hydrogens is 296 g/mol. The Balaban J connectivity index is 2.39. The van der Waals surface area contributed by atoms with Crippen LogP contribution in [-0.2, 0) is 25.5 Å². The van der Waals surface area contributed by atoms with Gasteiger partial charge in [-0.2, -0.15) is 0 Å². The summed E-state index contributed by atoms with van der Waals surface area (Å²) >= 11 is 0. The monoisotopic (exact) mass is 318 g/mol. The van der Waals surface area contributed by atoms with E-state index in [1.165, 1.54) is 7.11 Å². The fourth-order valence-corrected chi connectivity index (χ4v) is 2.36. The van der Waals surface area contributed by atoms with Gasteiger partial charge in [0.05, 0.1) is 7.11 Å². The van der Waals surface area contributed by atoms with Gasteiger partial charge in [-0.1, -0.05) is 18.2 Å². The summed E-state index contributed by atoms with van der Waals surface area (Å²) in [6.45, 7) is 5.15. The van der Waals surface area contributed by atoms with Crippen LogP contribution in [0.2, 0.25) is 0 Å². The van der Waals surface area contributed by atoms with Crippen molar-refractivity contribution >= 4 is 22.8 Å². The molecule has 2 aromatic rings. The second-order valence-corrected chi connectivity index (χ2v) is 6.50. The molecule has 0 spiro atoms. The van der Waals surface area contributed by atoms with Crippen molar-refractivity contribution in [2.24, 2.45) is 5.73 Å². The summed E-state index contributed by atoms with van der Waals surface area (Å²) in [6, 6.07) is 7.58. The first-order valence-corrected chi connectivity index (χ1v) is 7.33. The van der Waals surface area contributed by atoms with Gasteiger partial charge in [0.2, 0.25) is 5.54 Å². The summed E-state index contributed by atoms with van der Waals surface area (Å²) < 4.78 is 10.0. The summed E-state index contributed by atoms with van der Waals surface area (Å²) in [5.41, 5.74) is 5.12. The van der Waals surface area contributed by atoms with Gasteiger partial charge in [-0.15, -0.1) is 0 Å². The van der Waals surface area contributed by atoms with Gasteiger partial charge in [0.1, 0.15) is 5.60 Å². The third kappa shape index (κ3) is 3.53. The lowest BCUT2D eigenvalue weighted by atomic mass is 9.91. The highest BCUT2D eigenvalue weighted by molar-refractivity contribution is 6.05. The number of methoxy groups -OCH3 is 1. The average molecular weight is 318 g/mol. The van der Waals surface area contributed by atoms with Crippen LogP contribution in [0.3, 0.4) is 0 Å². The zero-order chi connectivity index (χ0) is 17.3. The normalized spacial score (nSPS) is 14.3. The molecule has 0 saturated heterocycles. The molecule has 1 aromatic heterocycles. The molecule has 0 saturated carbocycles. The van der Waals surface area contributed by atoms with E-state index >= 15 is 0 Å². The van der Waals surface area contributed by atoms with Gasteiger partial charge in [-0.05, 0) is 32.4 Å². The first kappa shape index (κ1) is 17.0. The van der Waals surface area contributed by atoms with Crippen LogP contribution in [0.15, 0.2) is 30.5 Å². The summed E-state index contributed by atoms with van der Waals surface area (Å²) in [6.07, 6.45) is 1.72. The fourth-order valence-electron chi connectivity index (χ4n) is 2.36. The predicted molar refractivity (Wildman–Crippen MR) is 86.8 cm³/mol. The standard InChI is InChI=1S/C17H22N2O4/c1-16(2,3)23-15(21)17(18,14(20)22-4)9-11-10-19-13-8-6-5-7-12(11)13/h5-8,10,19H,9,18H2,1-4H3. The first-order valence-electron chi connectivity index (χ1n) is 7.33. The summed E-state index contributed by atoms with van der Waals surface area (Å²) in [5.74, 6) is -1.63. The molecule has 0 aliphatic heterocycles. The molecule has 0 radical (unpaired) electrons. The Morgan fingerprint density at radius 2 is 1.83 bits per heavy atom. The molecule has 3 N–H and O–H groups in total. The van der Waals surface area contributed by atoms with Crippen LogP contribution in [0.5, 0.6) is 0 Å². The minimum Gasteiger partial charge on any atom is -0.467 e. The maximum absolute atomic E-state index is 12.5. The van der Waals surface area contributed by atoms with Crippen molar-refractivity contribution in [1.29, 1.82) is 0 Å². The Morgan fingerprint density at radius 1 is 1.17 bits per heavy atom. The van der Waals surface area contributed by atoms with Crippen molar-refractivity contribution in [3.63, 3.8) is 0 Å². The molecule has 0 aliphatic rings. The van der Waals surface area contributed by atoms with Gasteiger partial charge in [0, 0.05) is 23.5 Å². The predicted octanol–water partition coefficient (Wildman–Crippen LogP) is 1.92. The van der Waals surface area contributed by atoms with Crippen LogP contribution < -0.4 is 5.73 Å². The first-order chi connectivity index (χ1) is 10.7. The van der Waals surface area contributed by atoms with Gasteiger partial charge in [-0.3, -0.25) is 0 Å². The number of esters is 2. The van der Waals surface area contributed by atoms with Crippen LogP contribution in [0.25, 0.3) is 10.9 Å². The Morgan fingerprint density at radius 3 is 2.43 bits per heavy atom. The quantitative estimate of drug-likeness (QED) is 0.663. The SMILES string of the molecule is COC(=O)C(N)(Cc1c[nH]c2ccccc12)C(=O)OC(C)(C)C. The van der Waals surface area contributed by atoms with E-state index in [0.29, 0.717) is 0 Å².